The fraction of sp³-hybridized carbons (Fsp3) is 0.231. The van der Waals surface area contributed by atoms with Gasteiger partial charge in [-0.15, -0.1) is 0 Å². The van der Waals surface area contributed by atoms with Crippen molar-refractivity contribution in [2.75, 3.05) is 7.11 Å². The quantitative estimate of drug-likeness (QED) is 0.806. The average molecular weight is 227 g/mol. The van der Waals surface area contributed by atoms with Gasteiger partial charge in [0.15, 0.2) is 0 Å². The number of aromatic nitrogens is 2. The molecule has 0 saturated carbocycles. The highest BCUT2D eigenvalue weighted by molar-refractivity contribution is 5.36. The lowest BCUT2D eigenvalue weighted by atomic mass is 10.00. The standard InChI is InChI=1S/C13H13N3O/c1-16-8-7-15-13(16)12(9-14)10-3-5-11(17-2)6-4-10/h3-8,12H,1-2H3. The molecule has 1 aromatic heterocycles. The Morgan fingerprint density at radius 1 is 1.35 bits per heavy atom. The van der Waals surface area contributed by atoms with Crippen molar-refractivity contribution in [1.29, 1.82) is 5.26 Å². The molecule has 0 amide bonds. The molecule has 4 heteroatoms. The molecule has 2 rings (SSSR count). The summed E-state index contributed by atoms with van der Waals surface area (Å²) in [5.41, 5.74) is 0.919. The summed E-state index contributed by atoms with van der Waals surface area (Å²) in [7, 11) is 3.51. The molecule has 1 aromatic carbocycles. The molecule has 0 aliphatic rings. The van der Waals surface area contributed by atoms with Gasteiger partial charge >= 0.3 is 0 Å². The minimum Gasteiger partial charge on any atom is -0.497 e. The predicted octanol–water partition coefficient (Wildman–Crippen LogP) is 2.08. The van der Waals surface area contributed by atoms with Crippen LogP contribution in [0.3, 0.4) is 0 Å². The van der Waals surface area contributed by atoms with Crippen molar-refractivity contribution in [2.45, 2.75) is 5.92 Å². The van der Waals surface area contributed by atoms with Crippen molar-refractivity contribution in [3.63, 3.8) is 0 Å². The van der Waals surface area contributed by atoms with Crippen molar-refractivity contribution in [3.05, 3.63) is 48.0 Å². The zero-order valence-electron chi connectivity index (χ0n) is 9.79. The fourth-order valence-electron chi connectivity index (χ4n) is 1.73. The van der Waals surface area contributed by atoms with Gasteiger partial charge < -0.3 is 9.30 Å². The molecule has 86 valence electrons. The van der Waals surface area contributed by atoms with Crippen LogP contribution < -0.4 is 4.74 Å². The van der Waals surface area contributed by atoms with Crippen molar-refractivity contribution in [2.24, 2.45) is 7.05 Å². The fourth-order valence-corrected chi connectivity index (χ4v) is 1.73. The molecule has 0 aliphatic carbocycles. The Bertz CT molecular complexity index is 537. The number of imidazole rings is 1. The maximum Gasteiger partial charge on any atom is 0.130 e. The Kier molecular flexibility index (Phi) is 3.10. The lowest BCUT2D eigenvalue weighted by Gasteiger charge is -2.10. The van der Waals surface area contributed by atoms with Crippen LogP contribution >= 0.6 is 0 Å². The third-order valence-corrected chi connectivity index (χ3v) is 2.69. The Balaban J connectivity index is 2.36. The third kappa shape index (κ3) is 2.13. The molecule has 1 heterocycles. The number of ether oxygens (including phenoxy) is 1. The number of rotatable bonds is 3. The van der Waals surface area contributed by atoms with Crippen LogP contribution in [0.2, 0.25) is 0 Å². The summed E-state index contributed by atoms with van der Waals surface area (Å²) in [5, 5.41) is 9.27. The van der Waals surface area contributed by atoms with Crippen LogP contribution in [0.1, 0.15) is 17.3 Å². The lowest BCUT2D eigenvalue weighted by molar-refractivity contribution is 0.414. The maximum atomic E-state index is 9.27. The summed E-state index contributed by atoms with van der Waals surface area (Å²) in [6, 6.07) is 9.76. The summed E-state index contributed by atoms with van der Waals surface area (Å²) in [4.78, 5) is 4.22. The largest absolute Gasteiger partial charge is 0.497 e. The van der Waals surface area contributed by atoms with E-state index in [1.165, 1.54) is 0 Å². The first kappa shape index (κ1) is 11.2. The first-order valence-corrected chi connectivity index (χ1v) is 5.27. The van der Waals surface area contributed by atoms with Gasteiger partial charge in [-0.3, -0.25) is 0 Å². The van der Waals surface area contributed by atoms with Crippen molar-refractivity contribution in [3.8, 4) is 11.8 Å². The molecule has 4 nitrogen and oxygen atoms in total. The summed E-state index contributed by atoms with van der Waals surface area (Å²) in [6.07, 6.45) is 3.53. The zero-order chi connectivity index (χ0) is 12.3. The number of nitriles is 1. The maximum absolute atomic E-state index is 9.27. The van der Waals surface area contributed by atoms with Gasteiger partial charge in [-0.25, -0.2) is 4.98 Å². The lowest BCUT2D eigenvalue weighted by Crippen LogP contribution is -2.05. The molecule has 0 fully saturated rings. The molecule has 1 unspecified atom stereocenters. The average Bonchev–Trinajstić information content (AvgIpc) is 2.78. The van der Waals surface area contributed by atoms with E-state index in [1.807, 2.05) is 42.1 Å². The van der Waals surface area contributed by atoms with E-state index in [0.29, 0.717) is 0 Å². The summed E-state index contributed by atoms with van der Waals surface area (Å²) in [6.45, 7) is 0. The molecule has 17 heavy (non-hydrogen) atoms. The van der Waals surface area contributed by atoms with Crippen LogP contribution in [-0.2, 0) is 7.05 Å². The minimum atomic E-state index is -0.346. The second kappa shape index (κ2) is 4.71. The Morgan fingerprint density at radius 3 is 2.53 bits per heavy atom. The number of methoxy groups -OCH3 is 1. The van der Waals surface area contributed by atoms with Gasteiger partial charge in [0.25, 0.3) is 0 Å². The Labute approximate surface area is 100 Å². The van der Waals surface area contributed by atoms with E-state index >= 15 is 0 Å². The normalized spacial score (nSPS) is 11.8. The summed E-state index contributed by atoms with van der Waals surface area (Å²) >= 11 is 0. The van der Waals surface area contributed by atoms with E-state index in [-0.39, 0.29) is 5.92 Å². The van der Waals surface area contributed by atoms with Gasteiger partial charge in [0, 0.05) is 19.4 Å². The van der Waals surface area contributed by atoms with E-state index in [1.54, 1.807) is 13.3 Å². The van der Waals surface area contributed by atoms with Crippen LogP contribution in [0.4, 0.5) is 0 Å². The highest BCUT2D eigenvalue weighted by Gasteiger charge is 2.17. The van der Waals surface area contributed by atoms with E-state index in [4.69, 9.17) is 4.74 Å². The molecule has 0 bridgehead atoms. The SMILES string of the molecule is COc1ccc(C(C#N)c2nccn2C)cc1. The van der Waals surface area contributed by atoms with Gasteiger partial charge in [-0.05, 0) is 17.7 Å². The zero-order valence-corrected chi connectivity index (χ0v) is 9.79. The molecule has 0 aliphatic heterocycles. The van der Waals surface area contributed by atoms with E-state index in [9.17, 15) is 5.26 Å². The van der Waals surface area contributed by atoms with E-state index in [2.05, 4.69) is 11.1 Å². The van der Waals surface area contributed by atoms with Gasteiger partial charge in [0.2, 0.25) is 0 Å². The van der Waals surface area contributed by atoms with Crippen LogP contribution in [-0.4, -0.2) is 16.7 Å². The number of hydrogen-bond acceptors (Lipinski definition) is 3. The van der Waals surface area contributed by atoms with Gasteiger partial charge in [-0.2, -0.15) is 5.26 Å². The number of hydrogen-bond donors (Lipinski definition) is 0. The molecule has 0 radical (unpaired) electrons. The molecule has 0 saturated heterocycles. The second-order valence-electron chi connectivity index (χ2n) is 3.73. The monoisotopic (exact) mass is 227 g/mol. The van der Waals surface area contributed by atoms with Crippen molar-refractivity contribution in [1.82, 2.24) is 9.55 Å². The molecular formula is C13H13N3O. The van der Waals surface area contributed by atoms with Crippen LogP contribution in [0.15, 0.2) is 36.7 Å². The molecule has 0 spiro atoms. The van der Waals surface area contributed by atoms with Gasteiger partial charge in [0.05, 0.1) is 13.2 Å². The molecular weight excluding hydrogens is 214 g/mol. The van der Waals surface area contributed by atoms with Gasteiger partial charge in [0.1, 0.15) is 17.5 Å². The number of nitrogens with zero attached hydrogens (tertiary/aromatic N) is 3. The second-order valence-corrected chi connectivity index (χ2v) is 3.73. The number of benzene rings is 1. The number of aryl methyl sites for hydroxylation is 1. The smallest absolute Gasteiger partial charge is 0.130 e. The summed E-state index contributed by atoms with van der Waals surface area (Å²) in [5.74, 6) is 1.18. The van der Waals surface area contributed by atoms with Crippen molar-refractivity contribution >= 4 is 0 Å². The van der Waals surface area contributed by atoms with Gasteiger partial charge in [-0.1, -0.05) is 12.1 Å². The van der Waals surface area contributed by atoms with E-state index < -0.39 is 0 Å². The first-order chi connectivity index (χ1) is 8.26. The van der Waals surface area contributed by atoms with E-state index in [0.717, 1.165) is 17.1 Å². The van der Waals surface area contributed by atoms with Crippen LogP contribution in [0, 0.1) is 11.3 Å². The summed E-state index contributed by atoms with van der Waals surface area (Å²) < 4.78 is 6.95. The first-order valence-electron chi connectivity index (χ1n) is 5.27. The molecule has 1 atom stereocenters. The van der Waals surface area contributed by atoms with Crippen molar-refractivity contribution < 1.29 is 4.74 Å². The third-order valence-electron chi connectivity index (χ3n) is 2.69. The predicted molar refractivity (Wildman–Crippen MR) is 63.7 cm³/mol. The topological polar surface area (TPSA) is 50.8 Å². The molecule has 0 N–H and O–H groups in total. The highest BCUT2D eigenvalue weighted by Crippen LogP contribution is 2.24. The Hall–Kier alpha value is -2.28. The highest BCUT2D eigenvalue weighted by atomic mass is 16.5. The van der Waals surface area contributed by atoms with Crippen LogP contribution in [0.5, 0.6) is 5.75 Å². The van der Waals surface area contributed by atoms with Crippen LogP contribution in [0.25, 0.3) is 0 Å². The molecule has 2 aromatic rings. The Morgan fingerprint density at radius 2 is 2.06 bits per heavy atom. The minimum absolute atomic E-state index is 0.346.